The molecule has 0 rings (SSSR count). The second-order valence-electron chi connectivity index (χ2n) is 0.102. The molecule has 0 fully saturated rings. The van der Waals surface area contributed by atoms with Gasteiger partial charge in [0.1, 0.15) is 0 Å². The van der Waals surface area contributed by atoms with Crippen molar-refractivity contribution >= 4 is 0 Å². The van der Waals surface area contributed by atoms with Gasteiger partial charge in [-0.2, -0.15) is 0 Å². The average Bonchev–Trinajstić information content (AvgIpc) is 0.918. The van der Waals surface area contributed by atoms with Crippen molar-refractivity contribution < 1.29 is 42.8 Å². The van der Waals surface area contributed by atoms with Crippen LogP contribution < -0.4 is 42.8 Å². The van der Waals surface area contributed by atoms with Gasteiger partial charge in [0, 0.05) is 0 Å². The molecule has 0 heterocycles. The van der Waals surface area contributed by atoms with Gasteiger partial charge in [-0.1, -0.05) is 0 Å². The summed E-state index contributed by atoms with van der Waals surface area (Å²) in [6, 6.07) is 0. The molecule has 0 bridgehead atoms. The van der Waals surface area contributed by atoms with Crippen LogP contribution in [-0.4, -0.2) is 0 Å². The van der Waals surface area contributed by atoms with Crippen LogP contribution in [0.3, 0.4) is 0 Å². The smallest absolute Gasteiger partial charge is 0.865 e. The van der Waals surface area contributed by atoms with Crippen LogP contribution in [0.4, 0.5) is 0 Å². The number of hydrogen-bond donors (Lipinski definition) is 0. The minimum absolute atomic E-state index is 0. The molecule has 0 aromatic heterocycles. The Kier molecular flexibility index (Phi) is 84.1. The van der Waals surface area contributed by atoms with Crippen molar-refractivity contribution in [1.29, 1.82) is 0 Å². The topological polar surface area (TPSA) is 23.1 Å². The van der Waals surface area contributed by atoms with E-state index in [9.17, 15) is 0 Å². The van der Waals surface area contributed by atoms with Crippen LogP contribution in [0.25, 0.3) is 0 Å². The van der Waals surface area contributed by atoms with E-state index < -0.39 is 0 Å². The third kappa shape index (κ3) is 96.6. The van der Waals surface area contributed by atoms with Crippen molar-refractivity contribution in [3.63, 3.8) is 0 Å². The first-order chi connectivity index (χ1) is 1.41. The molecule has 0 aromatic rings. The summed E-state index contributed by atoms with van der Waals surface area (Å²) in [6.45, 7) is 0. The second-order valence-corrected chi connectivity index (χ2v) is 0.102. The van der Waals surface area contributed by atoms with Gasteiger partial charge in [-0.05, 0) is 0 Å². The normalized spacial score (nSPS) is 1.40. The van der Waals surface area contributed by atoms with Crippen molar-refractivity contribution in [3.05, 3.63) is 6.42 Å². The number of hydrogen-bond acceptors (Lipinski definition) is 1. The molecule has 0 atom stereocenters. The Balaban J connectivity index is -0.0000000200. The first kappa shape index (κ1) is 17.7. The molecule has 0 spiro atoms. The van der Waals surface area contributed by atoms with Crippen molar-refractivity contribution in [3.8, 4) is 6.11 Å². The van der Waals surface area contributed by atoms with E-state index >= 15 is 0 Å². The van der Waals surface area contributed by atoms with Gasteiger partial charge in [0.25, 0.3) is 0 Å². The SMILES string of the molecule is [C-]#C[O-].[Li+].[Li+]. The largest absolute Gasteiger partial charge is 1.00 e. The van der Waals surface area contributed by atoms with Crippen LogP contribution in [0.1, 0.15) is 0 Å². The van der Waals surface area contributed by atoms with Gasteiger partial charge >= 0.3 is 37.7 Å². The molecule has 0 aliphatic heterocycles. The minimum atomic E-state index is 0. The third-order valence-corrected chi connectivity index (χ3v) is 0. The molecule has 0 amide bonds. The van der Waals surface area contributed by atoms with E-state index in [2.05, 4.69) is 0 Å². The van der Waals surface area contributed by atoms with Gasteiger partial charge in [-0.15, -0.1) is 0 Å². The van der Waals surface area contributed by atoms with E-state index in [0.29, 0.717) is 0 Å². The zero-order chi connectivity index (χ0) is 2.71. The van der Waals surface area contributed by atoms with Crippen molar-refractivity contribution in [2.45, 2.75) is 0 Å². The van der Waals surface area contributed by atoms with Gasteiger partial charge in [-0.25, -0.2) is 0 Å². The minimum Gasteiger partial charge on any atom is -0.865 e. The van der Waals surface area contributed by atoms with Crippen molar-refractivity contribution in [1.82, 2.24) is 0 Å². The van der Waals surface area contributed by atoms with E-state index in [4.69, 9.17) is 11.5 Å². The Morgan fingerprint density at radius 2 is 1.40 bits per heavy atom. The Labute approximate surface area is 55.5 Å². The molecule has 3 heteroatoms. The molecule has 16 valence electrons. The van der Waals surface area contributed by atoms with E-state index in [1.807, 2.05) is 0 Å². The summed E-state index contributed by atoms with van der Waals surface area (Å²) in [5.41, 5.74) is 0. The third-order valence-electron chi connectivity index (χ3n) is 0. The molecule has 0 aliphatic rings. The Hall–Kier alpha value is 0.555. The molecule has 0 N–H and O–H groups in total. The van der Waals surface area contributed by atoms with Crippen LogP contribution in [0.5, 0.6) is 0 Å². The Morgan fingerprint density at radius 3 is 1.40 bits per heavy atom. The molecular weight excluding hydrogens is 53.9 g/mol. The fourth-order valence-electron chi connectivity index (χ4n) is 0. The molecule has 0 saturated carbocycles. The predicted octanol–water partition coefficient (Wildman–Crippen LogP) is -7.10. The van der Waals surface area contributed by atoms with E-state index in [1.165, 1.54) is 0 Å². The molecule has 5 heavy (non-hydrogen) atoms. The zero-order valence-corrected chi connectivity index (χ0v) is 3.41. The van der Waals surface area contributed by atoms with Crippen LogP contribution in [0, 0.1) is 12.5 Å². The first-order valence-electron chi connectivity index (χ1n) is 0.454. The first-order valence-corrected chi connectivity index (χ1v) is 0.454. The van der Waals surface area contributed by atoms with Gasteiger partial charge in [-0.3, -0.25) is 0 Å². The van der Waals surface area contributed by atoms with E-state index in [1.54, 1.807) is 0 Å². The fourth-order valence-corrected chi connectivity index (χ4v) is 0. The number of rotatable bonds is 0. The van der Waals surface area contributed by atoms with E-state index in [-0.39, 0.29) is 37.7 Å². The molecule has 0 saturated heterocycles. The zero-order valence-electron chi connectivity index (χ0n) is 3.41. The van der Waals surface area contributed by atoms with Crippen LogP contribution in [-0.2, 0) is 0 Å². The second kappa shape index (κ2) is 23.8. The van der Waals surface area contributed by atoms with Gasteiger partial charge in [0.05, 0.1) is 0 Å². The quantitative estimate of drug-likeness (QED) is 0.153. The van der Waals surface area contributed by atoms with Crippen molar-refractivity contribution in [2.75, 3.05) is 0 Å². The summed E-state index contributed by atoms with van der Waals surface area (Å²) in [4.78, 5) is 0. The summed E-state index contributed by atoms with van der Waals surface area (Å²) in [6.07, 6.45) is 6.15. The summed E-state index contributed by atoms with van der Waals surface area (Å²) in [5.74, 6) is 0. The Morgan fingerprint density at radius 1 is 1.40 bits per heavy atom. The van der Waals surface area contributed by atoms with Crippen LogP contribution in [0.2, 0.25) is 0 Å². The maximum atomic E-state index is 8.35. The van der Waals surface area contributed by atoms with Crippen molar-refractivity contribution in [2.24, 2.45) is 0 Å². The average molecular weight is 53.9 g/mol. The molecule has 1 nitrogen and oxygen atoms in total. The maximum absolute atomic E-state index is 8.35. The van der Waals surface area contributed by atoms with Gasteiger partial charge in [0.2, 0.25) is 0 Å². The van der Waals surface area contributed by atoms with Gasteiger partial charge in [0.15, 0.2) is 0 Å². The van der Waals surface area contributed by atoms with E-state index in [0.717, 1.165) is 6.11 Å². The molecule has 0 aromatic carbocycles. The van der Waals surface area contributed by atoms with Crippen LogP contribution in [0.15, 0.2) is 0 Å². The molecule has 0 aliphatic carbocycles. The summed E-state index contributed by atoms with van der Waals surface area (Å²) < 4.78 is 0. The monoisotopic (exact) mass is 54.0 g/mol. The Bertz CT molecular complexity index is 29.1. The summed E-state index contributed by atoms with van der Waals surface area (Å²) in [5, 5.41) is 8.35. The molecular formula is C2Li2O. The van der Waals surface area contributed by atoms with Gasteiger partial charge < -0.3 is 17.6 Å². The molecule has 0 unspecified atom stereocenters. The summed E-state index contributed by atoms with van der Waals surface area (Å²) >= 11 is 0. The maximum Gasteiger partial charge on any atom is 1.00 e. The van der Waals surface area contributed by atoms with Crippen LogP contribution >= 0.6 is 0 Å². The summed E-state index contributed by atoms with van der Waals surface area (Å²) in [7, 11) is 0. The predicted molar refractivity (Wildman–Crippen MR) is 7.13 cm³/mol. The standard InChI is InChI=1S/C2HO.2Li/c1-2-3;;/h3H;;/q-1;2*+1/p-1. The molecule has 0 radical (unpaired) electrons. The fraction of sp³-hybridized carbons (Fsp3) is 0.